The lowest BCUT2D eigenvalue weighted by Crippen LogP contribution is -2.17. The van der Waals surface area contributed by atoms with Gasteiger partial charge in [0.05, 0.1) is 5.56 Å². The van der Waals surface area contributed by atoms with Crippen molar-refractivity contribution in [1.29, 1.82) is 0 Å². The minimum atomic E-state index is -0.647. The SMILES string of the molecule is CCC(=O)Oc1c(OC(=O)CC)c(C(=O)c2ccccc2)c2ccccc2c1OC(=O)CC. The second-order valence-electron chi connectivity index (χ2n) is 7.09. The van der Waals surface area contributed by atoms with Gasteiger partial charge >= 0.3 is 17.9 Å². The van der Waals surface area contributed by atoms with E-state index in [1.807, 2.05) is 0 Å². The van der Waals surface area contributed by atoms with E-state index in [9.17, 15) is 19.2 Å². The van der Waals surface area contributed by atoms with Crippen LogP contribution in [-0.2, 0) is 14.4 Å². The van der Waals surface area contributed by atoms with Crippen molar-refractivity contribution in [2.75, 3.05) is 0 Å². The van der Waals surface area contributed by atoms with Crippen LogP contribution in [0.3, 0.4) is 0 Å². The van der Waals surface area contributed by atoms with E-state index in [1.165, 1.54) is 0 Å². The number of ether oxygens (including phenoxy) is 3. The maximum absolute atomic E-state index is 13.6. The highest BCUT2D eigenvalue weighted by atomic mass is 16.6. The van der Waals surface area contributed by atoms with Gasteiger partial charge in [-0.2, -0.15) is 0 Å². The molecule has 3 rings (SSSR count). The van der Waals surface area contributed by atoms with Gasteiger partial charge in [-0.1, -0.05) is 75.4 Å². The summed E-state index contributed by atoms with van der Waals surface area (Å²) in [7, 11) is 0. The second-order valence-corrected chi connectivity index (χ2v) is 7.09. The van der Waals surface area contributed by atoms with Crippen molar-refractivity contribution in [3.8, 4) is 17.2 Å². The molecule has 0 heterocycles. The highest BCUT2D eigenvalue weighted by molar-refractivity contribution is 6.20. The van der Waals surface area contributed by atoms with Gasteiger partial charge in [0.2, 0.25) is 5.75 Å². The monoisotopic (exact) mass is 448 g/mol. The van der Waals surface area contributed by atoms with Gasteiger partial charge < -0.3 is 14.2 Å². The predicted octanol–water partition coefficient (Wildman–Crippen LogP) is 5.02. The Morgan fingerprint density at radius 1 is 0.576 bits per heavy atom. The van der Waals surface area contributed by atoms with Gasteiger partial charge in [-0.15, -0.1) is 0 Å². The number of hydrogen-bond donors (Lipinski definition) is 0. The first-order valence-electron chi connectivity index (χ1n) is 10.7. The smallest absolute Gasteiger partial charge is 0.311 e. The van der Waals surface area contributed by atoms with Gasteiger partial charge in [0.25, 0.3) is 0 Å². The molecule has 3 aromatic carbocycles. The second kappa shape index (κ2) is 10.5. The molecule has 3 aromatic rings. The minimum absolute atomic E-state index is 0.0110. The van der Waals surface area contributed by atoms with Gasteiger partial charge in [0.1, 0.15) is 0 Å². The predicted molar refractivity (Wildman–Crippen MR) is 122 cm³/mol. The third kappa shape index (κ3) is 5.09. The van der Waals surface area contributed by atoms with Gasteiger partial charge in [0.15, 0.2) is 17.3 Å². The highest BCUT2D eigenvalue weighted by Crippen LogP contribution is 2.48. The first kappa shape index (κ1) is 23.7. The summed E-state index contributed by atoms with van der Waals surface area (Å²) in [6, 6.07) is 15.2. The molecule has 0 saturated carbocycles. The van der Waals surface area contributed by atoms with Crippen LogP contribution in [0.2, 0.25) is 0 Å². The van der Waals surface area contributed by atoms with Crippen molar-refractivity contribution >= 4 is 34.5 Å². The van der Waals surface area contributed by atoms with E-state index in [2.05, 4.69) is 0 Å². The molecule has 7 nitrogen and oxygen atoms in total. The first-order valence-corrected chi connectivity index (χ1v) is 10.7. The Hall–Kier alpha value is -4.00. The first-order chi connectivity index (χ1) is 15.9. The van der Waals surface area contributed by atoms with Crippen LogP contribution in [0.1, 0.15) is 56.0 Å². The zero-order valence-electron chi connectivity index (χ0n) is 18.7. The number of carbonyl (C=O) groups excluding carboxylic acids is 4. The van der Waals surface area contributed by atoms with Crippen LogP contribution in [0.25, 0.3) is 10.8 Å². The average molecular weight is 448 g/mol. The van der Waals surface area contributed by atoms with Crippen LogP contribution in [0.15, 0.2) is 54.6 Å². The highest BCUT2D eigenvalue weighted by Gasteiger charge is 2.31. The van der Waals surface area contributed by atoms with Crippen LogP contribution in [0.5, 0.6) is 17.2 Å². The van der Waals surface area contributed by atoms with Crippen molar-refractivity contribution in [1.82, 2.24) is 0 Å². The molecule has 0 spiro atoms. The summed E-state index contributed by atoms with van der Waals surface area (Å²) in [5, 5.41) is 0.759. The fourth-order valence-electron chi connectivity index (χ4n) is 3.17. The summed E-state index contributed by atoms with van der Waals surface area (Å²) in [5.41, 5.74) is 0.385. The van der Waals surface area contributed by atoms with E-state index in [0.29, 0.717) is 16.3 Å². The van der Waals surface area contributed by atoms with E-state index in [4.69, 9.17) is 14.2 Å². The third-order valence-corrected chi connectivity index (χ3v) is 4.86. The molecule has 0 N–H and O–H groups in total. The number of ketones is 1. The summed E-state index contributed by atoms with van der Waals surface area (Å²) in [6.07, 6.45) is 0.0818. The molecule has 0 amide bonds. The zero-order valence-corrected chi connectivity index (χ0v) is 18.7. The number of esters is 3. The summed E-state index contributed by atoms with van der Waals surface area (Å²) in [4.78, 5) is 50.5. The Balaban J connectivity index is 2.44. The van der Waals surface area contributed by atoms with Crippen LogP contribution >= 0.6 is 0 Å². The molecule has 0 atom stereocenters. The Morgan fingerprint density at radius 3 is 1.58 bits per heavy atom. The maximum Gasteiger partial charge on any atom is 0.311 e. The third-order valence-electron chi connectivity index (χ3n) is 4.86. The summed E-state index contributed by atoms with van der Waals surface area (Å²) in [5.74, 6) is -2.92. The lowest BCUT2D eigenvalue weighted by atomic mass is 9.94. The van der Waals surface area contributed by atoms with E-state index in [1.54, 1.807) is 75.4 Å². The van der Waals surface area contributed by atoms with Gasteiger partial charge in [-0.05, 0) is 0 Å². The topological polar surface area (TPSA) is 96.0 Å². The normalized spacial score (nSPS) is 10.5. The molecule has 0 aliphatic heterocycles. The molecule has 0 radical (unpaired) electrons. The molecular weight excluding hydrogens is 424 g/mol. The Morgan fingerprint density at radius 2 is 1.03 bits per heavy atom. The van der Waals surface area contributed by atoms with Crippen molar-refractivity contribution in [2.45, 2.75) is 40.0 Å². The van der Waals surface area contributed by atoms with E-state index in [0.717, 1.165) is 0 Å². The van der Waals surface area contributed by atoms with E-state index >= 15 is 0 Å². The number of hydrogen-bond acceptors (Lipinski definition) is 7. The Labute approximate surface area is 191 Å². The molecule has 0 aromatic heterocycles. The van der Waals surface area contributed by atoms with E-state index < -0.39 is 23.7 Å². The fourth-order valence-corrected chi connectivity index (χ4v) is 3.17. The Kier molecular flexibility index (Phi) is 7.56. The van der Waals surface area contributed by atoms with Crippen LogP contribution in [-0.4, -0.2) is 23.7 Å². The van der Waals surface area contributed by atoms with Gasteiger partial charge in [-0.3, -0.25) is 19.2 Å². The number of fused-ring (bicyclic) bond motifs is 1. The molecule has 7 heteroatoms. The lowest BCUT2D eigenvalue weighted by molar-refractivity contribution is -0.137. The molecular formula is C26H24O7. The van der Waals surface area contributed by atoms with Crippen LogP contribution in [0.4, 0.5) is 0 Å². The zero-order chi connectivity index (χ0) is 24.0. The molecule has 0 fully saturated rings. The number of rotatable bonds is 8. The minimum Gasteiger partial charge on any atom is -0.422 e. The molecule has 0 bridgehead atoms. The van der Waals surface area contributed by atoms with Crippen molar-refractivity contribution in [3.63, 3.8) is 0 Å². The van der Waals surface area contributed by atoms with Crippen LogP contribution in [0, 0.1) is 0 Å². The van der Waals surface area contributed by atoms with Gasteiger partial charge in [0, 0.05) is 35.6 Å². The largest absolute Gasteiger partial charge is 0.422 e. The van der Waals surface area contributed by atoms with Crippen molar-refractivity contribution in [2.24, 2.45) is 0 Å². The van der Waals surface area contributed by atoms with Crippen molar-refractivity contribution in [3.05, 3.63) is 65.7 Å². The molecule has 0 aliphatic rings. The standard InChI is InChI=1S/C26H24O7/c1-4-19(27)31-24-18-15-11-10-14-17(18)22(23(30)16-12-8-7-9-13-16)25(32-20(28)5-2)26(24)33-21(29)6-3/h7-15H,4-6H2,1-3H3. The summed E-state index contributed by atoms with van der Waals surface area (Å²) in [6.45, 7) is 4.81. The lowest BCUT2D eigenvalue weighted by Gasteiger charge is -2.20. The van der Waals surface area contributed by atoms with E-state index in [-0.39, 0.29) is 42.1 Å². The molecule has 0 saturated heterocycles. The quantitative estimate of drug-likeness (QED) is 0.271. The molecule has 170 valence electrons. The van der Waals surface area contributed by atoms with Gasteiger partial charge in [-0.25, -0.2) is 0 Å². The Bertz CT molecular complexity index is 1210. The fraction of sp³-hybridized carbons (Fsp3) is 0.231. The molecule has 0 unspecified atom stereocenters. The average Bonchev–Trinajstić information content (AvgIpc) is 2.85. The molecule has 33 heavy (non-hydrogen) atoms. The molecule has 0 aliphatic carbocycles. The van der Waals surface area contributed by atoms with Crippen LogP contribution < -0.4 is 14.2 Å². The summed E-state index contributed by atoms with van der Waals surface area (Å²) >= 11 is 0. The maximum atomic E-state index is 13.6. The number of benzene rings is 3. The van der Waals surface area contributed by atoms with Crippen molar-refractivity contribution < 1.29 is 33.4 Å². The number of carbonyl (C=O) groups is 4. The summed E-state index contributed by atoms with van der Waals surface area (Å²) < 4.78 is 16.6.